The number of urea groups is 1. The average Bonchev–Trinajstić information content (AvgIpc) is 1.57. The number of alkyl halides is 1. The molecule has 776 valence electrons. The van der Waals surface area contributed by atoms with Crippen molar-refractivity contribution in [3.63, 3.8) is 0 Å². The maximum atomic E-state index is 14.7. The van der Waals surface area contributed by atoms with Crippen LogP contribution in [0.25, 0.3) is 38.9 Å². The highest BCUT2D eigenvalue weighted by atomic mass is 35.5. The lowest BCUT2D eigenvalue weighted by molar-refractivity contribution is -0.132. The van der Waals surface area contributed by atoms with Gasteiger partial charge in [-0.2, -0.15) is 0 Å². The maximum absolute atomic E-state index is 14.7. The number of nitrogens with zero attached hydrogens (tertiary/aromatic N) is 9. The van der Waals surface area contributed by atoms with E-state index in [9.17, 15) is 57.8 Å². The van der Waals surface area contributed by atoms with Crippen molar-refractivity contribution in [2.75, 3.05) is 205 Å². The lowest BCUT2D eigenvalue weighted by Gasteiger charge is -2.28. The molecule has 3 aromatic heterocycles. The Morgan fingerprint density at radius 2 is 1.22 bits per heavy atom. The summed E-state index contributed by atoms with van der Waals surface area (Å²) < 4.78 is 66.3. The molecule has 5 heterocycles. The molecule has 144 heavy (non-hydrogen) atoms. The fourth-order valence-electron chi connectivity index (χ4n) is 15.8. The maximum Gasteiger partial charge on any atom is 0.415 e. The minimum absolute atomic E-state index is 0.000867. The van der Waals surface area contributed by atoms with Crippen LogP contribution in [-0.4, -0.2) is 301 Å². The van der Waals surface area contributed by atoms with E-state index in [-0.39, 0.29) is 209 Å². The number of aliphatic hydroxyl groups excluding tert-OH is 1. The van der Waals surface area contributed by atoms with Crippen molar-refractivity contribution in [2.24, 2.45) is 17.1 Å². The number of anilines is 4. The Morgan fingerprint density at radius 1 is 0.590 bits per heavy atom. The lowest BCUT2D eigenvalue weighted by Crippen LogP contribution is -2.54. The number of rotatable bonds is 59. The summed E-state index contributed by atoms with van der Waals surface area (Å²) in [6, 6.07) is 36.6. The van der Waals surface area contributed by atoms with Crippen molar-refractivity contribution in [2.45, 2.75) is 125 Å². The Balaban J connectivity index is 0.548. The smallest absolute Gasteiger partial charge is 0.415 e. The Bertz CT molecular complexity index is 5760. The van der Waals surface area contributed by atoms with E-state index in [0.717, 1.165) is 44.5 Å². The van der Waals surface area contributed by atoms with E-state index < -0.39 is 59.8 Å². The number of pyridine rings is 1. The number of hydrogen-bond donors (Lipinski definition) is 9. The first-order valence-electron chi connectivity index (χ1n) is 48.5. The van der Waals surface area contributed by atoms with Crippen LogP contribution in [0.15, 0.2) is 146 Å². The number of hydrogen-bond acceptors (Lipinski definition) is 26. The summed E-state index contributed by atoms with van der Waals surface area (Å²) in [5.74, 6) is -3.42. The first kappa shape index (κ1) is 111. The number of carbonyl (C=O) groups is 11. The number of likely N-dealkylation sites (N-methyl/N-ethyl adjacent to an activating group) is 1. The van der Waals surface area contributed by atoms with Crippen LogP contribution in [0.4, 0.5) is 37.1 Å². The Hall–Kier alpha value is -13.1. The second-order valence-electron chi connectivity index (χ2n) is 36.1. The van der Waals surface area contributed by atoms with Crippen LogP contribution in [0.1, 0.15) is 128 Å². The van der Waals surface area contributed by atoms with Gasteiger partial charge in [0, 0.05) is 137 Å². The zero-order chi connectivity index (χ0) is 103. The second-order valence-corrected chi connectivity index (χ2v) is 36.4. The number of fused-ring (bicyclic) bond motifs is 9. The lowest BCUT2D eigenvalue weighted by atomic mass is 9.92. The molecule has 41 heteroatoms. The molecule has 9 aromatic rings. The van der Waals surface area contributed by atoms with Gasteiger partial charge in [-0.3, -0.25) is 38.4 Å². The monoisotopic (exact) mass is 2010 g/mol. The molecule has 0 bridgehead atoms. The highest BCUT2D eigenvalue weighted by molar-refractivity contribution is 6.19. The van der Waals surface area contributed by atoms with Crippen molar-refractivity contribution in [3.05, 3.63) is 185 Å². The van der Waals surface area contributed by atoms with Crippen molar-refractivity contribution < 1.29 is 110 Å². The normalized spacial score (nSPS) is 13.1. The number of para-hydroxylation sites is 1. The molecule has 2 aliphatic rings. The van der Waals surface area contributed by atoms with E-state index in [1.54, 1.807) is 95.0 Å². The van der Waals surface area contributed by atoms with Crippen LogP contribution in [0, 0.1) is 25.2 Å². The standard InChI is InChI=1S/C103H134ClN17O23/c1-69(2)93(113-89(125)35-44-135-50-54-140-57-59-141-55-51-136-45-37-106-87(123)32-33-90(126)119-63-74-16-9-10-17-78(74)95-94(79-18-11-12-21-83(79)119)114-115-121(95)41-47-138-52-56-142-60-58-139-53-49-134-43-34-88(124)108-68-103(5,6)7)98(129)112-81(20-14-36-107-100(105)131)97(128)109-76-28-24-72(25-29-76)67-143-101(132)116(8)38-39-117(40-46-137-48-42-122)102(133)144-85-61-84-92(91-71(4)15-13-19-80(85)91)75(62-104)64-120(84)99(130)82-66-118-65-77(30-31-86(118)111-82)110-96(127)73-26-22-70(3)23-27-73/h9-13,15-19,21-31,61,65-66,69,75,81,93,122H,14,20,32-60,62-64,67-68H2,1-8H3,(H,106,123)(H,108,124)(H,109,128)(H,110,127)(H,112,129)(H,113,125)(H3,105,107,131)/t75-,81+,93+/m1/s1. The SMILES string of the molecule is Cc1ccc(C(=O)Nc2ccc3nc(C(=O)N4C[C@@H](CCl)c5c4cc(OC(=O)N(CCOCCO)CCN(C)C(=O)OCc4ccc(NC(=O)[C@H](CCCNC(N)=O)NC(=O)[C@@H](NC(=O)CCOCCOCCOCCOCCNC(=O)CCC(=O)N6Cc7ccccc7-c7c(nnn7CCOCCOCCOCCOCCC(=O)NCC(C)(C)C)-c7ccccc76)C(C)C)cc4)c4cccc(C)c54)cn3c2)cc1. The zero-order valence-corrected chi connectivity index (χ0v) is 83.8. The molecule has 3 atom stereocenters. The topological polar surface area (TPSA) is 481 Å². The van der Waals surface area contributed by atoms with Crippen molar-refractivity contribution in [1.29, 1.82) is 0 Å². The number of nitrogens with two attached hydrogens (primary N) is 1. The first-order valence-corrected chi connectivity index (χ1v) is 49.0. The molecule has 0 saturated heterocycles. The molecule has 0 saturated carbocycles. The third kappa shape index (κ3) is 34.3. The van der Waals surface area contributed by atoms with Gasteiger partial charge in [-0.25, -0.2) is 24.0 Å². The number of amides is 12. The fraction of sp³-hybridized carbons (Fsp3) is 0.476. The second kappa shape index (κ2) is 57.4. The van der Waals surface area contributed by atoms with Gasteiger partial charge in [0.25, 0.3) is 11.8 Å². The van der Waals surface area contributed by atoms with E-state index in [2.05, 4.69) is 73.3 Å². The summed E-state index contributed by atoms with van der Waals surface area (Å²) in [4.78, 5) is 158. The van der Waals surface area contributed by atoms with E-state index >= 15 is 0 Å². The number of aliphatic hydroxyl groups is 1. The molecule has 0 unspecified atom stereocenters. The van der Waals surface area contributed by atoms with Crippen LogP contribution >= 0.6 is 11.6 Å². The average molecular weight is 2010 g/mol. The minimum Gasteiger partial charge on any atom is -0.445 e. The van der Waals surface area contributed by atoms with Gasteiger partial charge in [0.1, 0.15) is 41.5 Å². The number of benzene rings is 6. The summed E-state index contributed by atoms with van der Waals surface area (Å²) in [6.07, 6.45) is 2.15. The molecule has 11 rings (SSSR count). The van der Waals surface area contributed by atoms with E-state index in [1.165, 1.54) is 16.8 Å². The number of ether oxygens (including phenoxy) is 11. The molecule has 0 fully saturated rings. The molecule has 0 radical (unpaired) electrons. The molecular formula is C103H134ClN17O23. The van der Waals surface area contributed by atoms with Gasteiger partial charge in [-0.15, -0.1) is 16.7 Å². The molecular weight excluding hydrogens is 1880 g/mol. The Morgan fingerprint density at radius 3 is 1.89 bits per heavy atom. The van der Waals surface area contributed by atoms with Gasteiger partial charge >= 0.3 is 18.2 Å². The van der Waals surface area contributed by atoms with E-state index in [0.29, 0.717) is 123 Å². The highest BCUT2D eigenvalue weighted by Gasteiger charge is 2.39. The summed E-state index contributed by atoms with van der Waals surface area (Å²) in [5, 5.41) is 39.5. The van der Waals surface area contributed by atoms with E-state index in [1.807, 2.05) is 97.4 Å². The number of primary amides is 1. The Labute approximate surface area is 842 Å². The first-order chi connectivity index (χ1) is 69.5. The quantitative estimate of drug-likeness (QED) is 0.0126. The van der Waals surface area contributed by atoms with Crippen LogP contribution in [0.5, 0.6) is 5.75 Å². The van der Waals surface area contributed by atoms with Crippen molar-refractivity contribution in [3.8, 4) is 28.3 Å². The van der Waals surface area contributed by atoms with Gasteiger partial charge in [0.15, 0.2) is 0 Å². The van der Waals surface area contributed by atoms with Crippen LogP contribution < -0.4 is 57.5 Å². The predicted molar refractivity (Wildman–Crippen MR) is 540 cm³/mol. The van der Waals surface area contributed by atoms with Crippen LogP contribution in [0.2, 0.25) is 0 Å². The van der Waals surface area contributed by atoms with E-state index in [4.69, 9.17) is 69.4 Å². The van der Waals surface area contributed by atoms with Crippen LogP contribution in [0.3, 0.4) is 0 Å². The zero-order valence-electron chi connectivity index (χ0n) is 83.0. The summed E-state index contributed by atoms with van der Waals surface area (Å²) in [7, 11) is 1.50. The molecule has 40 nitrogen and oxygen atoms in total. The van der Waals surface area contributed by atoms with Gasteiger partial charge in [0.05, 0.1) is 161 Å². The number of aryl methyl sites for hydroxylation is 2. The van der Waals surface area contributed by atoms with Crippen molar-refractivity contribution in [1.82, 2.24) is 60.8 Å². The summed E-state index contributed by atoms with van der Waals surface area (Å²) in [5.41, 5.74) is 15.4. The van der Waals surface area contributed by atoms with Crippen LogP contribution in [-0.2, 0) is 95.8 Å². The van der Waals surface area contributed by atoms with Crippen molar-refractivity contribution >= 4 is 116 Å². The van der Waals surface area contributed by atoms with Gasteiger partial charge in [-0.1, -0.05) is 130 Å². The summed E-state index contributed by atoms with van der Waals surface area (Å²) >= 11 is 6.70. The van der Waals surface area contributed by atoms with Gasteiger partial charge in [-0.05, 0) is 108 Å². The van der Waals surface area contributed by atoms with Gasteiger partial charge in [0.2, 0.25) is 35.4 Å². The Kier molecular flexibility index (Phi) is 44.3. The number of aromatic nitrogens is 5. The molecule has 6 aromatic carbocycles. The predicted octanol–water partition coefficient (Wildman–Crippen LogP) is 9.87. The highest BCUT2D eigenvalue weighted by Crippen LogP contribution is 2.48. The molecule has 10 N–H and O–H groups in total. The molecule has 12 amide bonds. The number of halogens is 1. The third-order valence-electron chi connectivity index (χ3n) is 23.5. The number of carbonyl (C=O) groups excluding carboxylic acids is 11. The third-order valence-corrected chi connectivity index (χ3v) is 23.8. The minimum atomic E-state index is -1.14. The van der Waals surface area contributed by atoms with Gasteiger partial charge < -0.3 is 124 Å². The fourth-order valence-corrected chi connectivity index (χ4v) is 16.1. The largest absolute Gasteiger partial charge is 0.445 e. The molecule has 0 aliphatic carbocycles. The summed E-state index contributed by atoms with van der Waals surface area (Å²) in [6.45, 7) is 19.4. The molecule has 2 aliphatic heterocycles. The molecule has 0 spiro atoms. The number of nitrogens with one attached hydrogen (secondary N) is 7. The number of imidazole rings is 1.